The molecule has 0 saturated heterocycles. The van der Waals surface area contributed by atoms with Gasteiger partial charge in [0, 0.05) is 4.53 Å². The molecule has 0 aliphatic heterocycles. The predicted molar refractivity (Wildman–Crippen MR) is 39.3 cm³/mol. The van der Waals surface area contributed by atoms with Crippen LogP contribution in [-0.2, 0) is 0 Å². The van der Waals surface area contributed by atoms with E-state index < -0.39 is 40.9 Å². The van der Waals surface area contributed by atoms with Gasteiger partial charge in [0.2, 0.25) is 34.8 Å². The molecule has 96 valence electrons. The fraction of sp³-hybridized carbons (Fsp3) is 0. The van der Waals surface area contributed by atoms with E-state index in [0.717, 1.165) is 0 Å². The van der Waals surface area contributed by atoms with Gasteiger partial charge in [-0.1, -0.05) is 0 Å². The quantitative estimate of drug-likeness (QED) is 0.423. The van der Waals surface area contributed by atoms with Crippen LogP contribution in [0.25, 0.3) is 0 Å². The number of hydrogen-bond donors (Lipinski definition) is 0. The molecule has 1 aromatic carbocycles. The molecule has 0 spiro atoms. The van der Waals surface area contributed by atoms with Gasteiger partial charge in [-0.25, -0.2) is 13.2 Å². The highest BCUT2D eigenvalue weighted by Gasteiger charge is 2.27. The Morgan fingerprint density at radius 2 is 1.00 bits per heavy atom. The van der Waals surface area contributed by atoms with Gasteiger partial charge >= 0.3 is 0 Å². The third kappa shape index (κ3) is 3.61. The van der Waals surface area contributed by atoms with E-state index in [-0.39, 0.29) is 0 Å². The first-order valence-corrected chi connectivity index (χ1v) is 3.53. The largest absolute Gasteiger partial charge is 0.288 e. The van der Waals surface area contributed by atoms with Gasteiger partial charge in [-0.05, 0) is 6.58 Å². The SMILES string of the molecule is C=C(F)F.FOc1c(F)c(F)c(F)c(F)c1F. The molecular weight excluding hydrogens is 264 g/mol. The maximum Gasteiger partial charge on any atom is 0.263 e. The summed E-state index contributed by atoms with van der Waals surface area (Å²) < 4.78 is 92.8. The van der Waals surface area contributed by atoms with Crippen LogP contribution < -0.4 is 4.94 Å². The molecule has 17 heavy (non-hydrogen) atoms. The summed E-state index contributed by atoms with van der Waals surface area (Å²) in [6, 6.07) is 0. The van der Waals surface area contributed by atoms with Gasteiger partial charge in [0.05, 0.1) is 0 Å². The van der Waals surface area contributed by atoms with Crippen LogP contribution in [0, 0.1) is 29.1 Å². The fourth-order valence-electron chi connectivity index (χ4n) is 0.652. The fourth-order valence-corrected chi connectivity index (χ4v) is 0.652. The van der Waals surface area contributed by atoms with E-state index in [4.69, 9.17) is 0 Å². The van der Waals surface area contributed by atoms with Crippen LogP contribution in [0.15, 0.2) is 12.7 Å². The minimum Gasteiger partial charge on any atom is -0.288 e. The Hall–Kier alpha value is -1.80. The molecule has 0 amide bonds. The Morgan fingerprint density at radius 1 is 0.765 bits per heavy atom. The summed E-state index contributed by atoms with van der Waals surface area (Å²) in [6.45, 7) is 2.22. The molecule has 0 heterocycles. The van der Waals surface area contributed by atoms with Crippen LogP contribution in [0.1, 0.15) is 0 Å². The molecule has 0 aliphatic rings. The van der Waals surface area contributed by atoms with Gasteiger partial charge in [0.1, 0.15) is 0 Å². The van der Waals surface area contributed by atoms with Crippen LogP contribution in [0.4, 0.5) is 35.3 Å². The minimum atomic E-state index is -2.36. The third-order valence-corrected chi connectivity index (χ3v) is 1.25. The Kier molecular flexibility index (Phi) is 5.42. The molecule has 0 bridgehead atoms. The average Bonchev–Trinajstić information content (AvgIpc) is 2.24. The Morgan fingerprint density at radius 3 is 1.24 bits per heavy atom. The summed E-state index contributed by atoms with van der Waals surface area (Å²) in [4.78, 5) is 2.50. The zero-order chi connectivity index (χ0) is 13.7. The number of rotatable bonds is 1. The molecule has 1 rings (SSSR count). The zero-order valence-corrected chi connectivity index (χ0v) is 7.64. The van der Waals surface area contributed by atoms with Gasteiger partial charge in [-0.3, -0.25) is 4.94 Å². The summed E-state index contributed by atoms with van der Waals surface area (Å²) in [5, 5.41) is 0. The number of hydrogen-bond acceptors (Lipinski definition) is 1. The van der Waals surface area contributed by atoms with Crippen molar-refractivity contribution in [3.05, 3.63) is 41.7 Å². The molecule has 0 aromatic heterocycles. The molecular formula is C8H2F8O. The lowest BCUT2D eigenvalue weighted by Crippen LogP contribution is -2.02. The average molecular weight is 266 g/mol. The number of halogens is 8. The van der Waals surface area contributed by atoms with Crippen LogP contribution in [0.3, 0.4) is 0 Å². The lowest BCUT2D eigenvalue weighted by Gasteiger charge is -2.02. The molecule has 0 saturated carbocycles. The molecule has 0 radical (unpaired) electrons. The zero-order valence-electron chi connectivity index (χ0n) is 7.64. The topological polar surface area (TPSA) is 9.23 Å². The Balaban J connectivity index is 0.000000557. The van der Waals surface area contributed by atoms with Crippen LogP contribution in [-0.4, -0.2) is 0 Å². The molecule has 0 atom stereocenters. The van der Waals surface area contributed by atoms with Crippen LogP contribution in [0.5, 0.6) is 5.75 Å². The van der Waals surface area contributed by atoms with Crippen molar-refractivity contribution in [3.8, 4) is 5.75 Å². The summed E-state index contributed by atoms with van der Waals surface area (Å²) in [5.74, 6) is -13.5. The van der Waals surface area contributed by atoms with E-state index in [2.05, 4.69) is 11.5 Å². The van der Waals surface area contributed by atoms with Gasteiger partial charge in [0.15, 0.2) is 0 Å². The highest BCUT2D eigenvalue weighted by Crippen LogP contribution is 2.28. The molecule has 0 aliphatic carbocycles. The monoisotopic (exact) mass is 266 g/mol. The van der Waals surface area contributed by atoms with E-state index in [1.807, 2.05) is 0 Å². The third-order valence-electron chi connectivity index (χ3n) is 1.25. The summed E-state index contributed by atoms with van der Waals surface area (Å²) in [7, 11) is 0. The van der Waals surface area contributed by atoms with Crippen molar-refractivity contribution in [2.75, 3.05) is 0 Å². The van der Waals surface area contributed by atoms with Crippen LogP contribution in [0.2, 0.25) is 0 Å². The van der Waals surface area contributed by atoms with E-state index in [9.17, 15) is 35.3 Å². The predicted octanol–water partition coefficient (Wildman–Crippen LogP) is 4.04. The van der Waals surface area contributed by atoms with Crippen molar-refractivity contribution < 1.29 is 40.2 Å². The van der Waals surface area contributed by atoms with Crippen molar-refractivity contribution in [2.45, 2.75) is 0 Å². The highest BCUT2D eigenvalue weighted by molar-refractivity contribution is 5.29. The summed E-state index contributed by atoms with van der Waals surface area (Å²) in [6.07, 6.45) is -1.83. The van der Waals surface area contributed by atoms with Crippen molar-refractivity contribution in [1.82, 2.24) is 0 Å². The smallest absolute Gasteiger partial charge is 0.263 e. The van der Waals surface area contributed by atoms with Gasteiger partial charge in [-0.15, -0.1) is 0 Å². The standard InChI is InChI=1S/C6F6O.C2H2F2/c7-1-2(8)4(10)6(13-12)5(11)3(1)9;1-2(3)4/h;1H2. The molecule has 9 heteroatoms. The first-order valence-electron chi connectivity index (χ1n) is 3.53. The van der Waals surface area contributed by atoms with Gasteiger partial charge < -0.3 is 0 Å². The normalized spacial score (nSPS) is 9.41. The molecule has 0 unspecified atom stereocenters. The summed E-state index contributed by atoms with van der Waals surface area (Å²) >= 11 is 0. The van der Waals surface area contributed by atoms with Gasteiger partial charge in [-0.2, -0.15) is 17.6 Å². The lowest BCUT2D eigenvalue weighted by atomic mass is 10.3. The van der Waals surface area contributed by atoms with Crippen molar-refractivity contribution in [2.24, 2.45) is 0 Å². The lowest BCUT2D eigenvalue weighted by molar-refractivity contribution is -0.0173. The first-order chi connectivity index (χ1) is 7.73. The number of benzene rings is 1. The van der Waals surface area contributed by atoms with E-state index >= 15 is 0 Å². The molecule has 1 nitrogen and oxygen atoms in total. The highest BCUT2D eigenvalue weighted by atomic mass is 19.3. The molecule has 1 aromatic rings. The maximum absolute atomic E-state index is 12.3. The second-order valence-electron chi connectivity index (χ2n) is 2.31. The maximum atomic E-state index is 12.3. The molecule has 0 N–H and O–H groups in total. The van der Waals surface area contributed by atoms with E-state index in [0.29, 0.717) is 0 Å². The van der Waals surface area contributed by atoms with E-state index in [1.54, 1.807) is 0 Å². The summed E-state index contributed by atoms with van der Waals surface area (Å²) in [5.41, 5.74) is 0. The second-order valence-corrected chi connectivity index (χ2v) is 2.31. The van der Waals surface area contributed by atoms with Crippen molar-refractivity contribution in [3.63, 3.8) is 0 Å². The Bertz CT molecular complexity index is 397. The second kappa shape index (κ2) is 6.06. The van der Waals surface area contributed by atoms with Crippen molar-refractivity contribution in [1.29, 1.82) is 0 Å². The van der Waals surface area contributed by atoms with Crippen LogP contribution >= 0.6 is 0 Å². The molecule has 0 fully saturated rings. The Labute approximate surface area is 88.8 Å². The first kappa shape index (κ1) is 15.2. The van der Waals surface area contributed by atoms with Crippen molar-refractivity contribution >= 4 is 0 Å². The van der Waals surface area contributed by atoms with E-state index in [1.165, 1.54) is 0 Å². The van der Waals surface area contributed by atoms with Gasteiger partial charge in [0.25, 0.3) is 6.08 Å². The minimum absolute atomic E-state index is 1.83.